The largest absolute Gasteiger partial charge is 0.378 e. The van der Waals surface area contributed by atoms with Crippen LogP contribution in [0.2, 0.25) is 0 Å². The van der Waals surface area contributed by atoms with E-state index in [0.717, 1.165) is 49.3 Å². The number of aromatic nitrogens is 2. The molecule has 0 unspecified atom stereocenters. The summed E-state index contributed by atoms with van der Waals surface area (Å²) in [5.41, 5.74) is 5.37. The van der Waals surface area contributed by atoms with E-state index in [1.54, 1.807) is 0 Å². The van der Waals surface area contributed by atoms with Crippen molar-refractivity contribution in [3.63, 3.8) is 0 Å². The Morgan fingerprint density at radius 3 is 2.13 bits per heavy atom. The zero-order chi connectivity index (χ0) is 20.8. The van der Waals surface area contributed by atoms with Crippen molar-refractivity contribution < 1.29 is 0 Å². The monoisotopic (exact) mass is 407 g/mol. The Labute approximate surface area is 179 Å². The molecule has 2 fully saturated rings. The van der Waals surface area contributed by atoms with Crippen LogP contribution in [0.15, 0.2) is 35.4 Å². The third kappa shape index (κ3) is 5.20. The quantitative estimate of drug-likeness (QED) is 0.578. The lowest BCUT2D eigenvalue weighted by atomic mass is 10.1. The van der Waals surface area contributed by atoms with Gasteiger partial charge in [0.25, 0.3) is 0 Å². The smallest absolute Gasteiger partial charge is 0.229 e. The lowest BCUT2D eigenvalue weighted by Gasteiger charge is -2.31. The number of rotatable bonds is 6. The van der Waals surface area contributed by atoms with Crippen molar-refractivity contribution in [3.05, 3.63) is 35.9 Å². The second-order valence-electron chi connectivity index (χ2n) is 8.36. The van der Waals surface area contributed by atoms with Gasteiger partial charge in [-0.3, -0.25) is 5.43 Å². The maximum atomic E-state index is 4.92. The first-order chi connectivity index (χ1) is 14.7. The summed E-state index contributed by atoms with van der Waals surface area (Å²) in [6.07, 6.45) is 9.32. The van der Waals surface area contributed by atoms with Crippen LogP contribution in [0.4, 0.5) is 23.3 Å². The van der Waals surface area contributed by atoms with E-state index in [2.05, 4.69) is 49.5 Å². The van der Waals surface area contributed by atoms with Gasteiger partial charge in [-0.15, -0.1) is 0 Å². The van der Waals surface area contributed by atoms with E-state index in [0.29, 0.717) is 0 Å². The van der Waals surface area contributed by atoms with Gasteiger partial charge in [-0.25, -0.2) is 0 Å². The minimum atomic E-state index is 0.757. The second kappa shape index (κ2) is 9.78. The molecule has 160 valence electrons. The summed E-state index contributed by atoms with van der Waals surface area (Å²) in [4.78, 5) is 16.5. The molecular weight excluding hydrogens is 374 g/mol. The van der Waals surface area contributed by atoms with Crippen molar-refractivity contribution in [2.75, 3.05) is 60.4 Å². The Morgan fingerprint density at radius 2 is 1.50 bits per heavy atom. The molecule has 0 saturated carbocycles. The Bertz CT molecular complexity index is 799. The summed E-state index contributed by atoms with van der Waals surface area (Å²) < 4.78 is 0. The molecule has 0 spiro atoms. The van der Waals surface area contributed by atoms with Gasteiger partial charge >= 0.3 is 0 Å². The fourth-order valence-electron chi connectivity index (χ4n) is 4.03. The standard InChI is InChI=1S/C23H33N7/c1-28(2)20-11-9-19(10-12-20)18-24-27-21-17-22(29-13-5-3-6-14-29)26-23(25-21)30-15-7-4-8-16-30/h9-12,17-18H,3-8,13-16H2,1-2H3,(H,25,26,27). The van der Waals surface area contributed by atoms with E-state index in [1.807, 2.05) is 26.4 Å². The average molecular weight is 408 g/mol. The summed E-state index contributed by atoms with van der Waals surface area (Å²) >= 11 is 0. The predicted molar refractivity (Wildman–Crippen MR) is 126 cm³/mol. The van der Waals surface area contributed by atoms with Gasteiger partial charge in [0.15, 0.2) is 5.82 Å². The first-order valence-electron chi connectivity index (χ1n) is 11.1. The summed E-state index contributed by atoms with van der Waals surface area (Å²) in [5.74, 6) is 2.59. The number of hydrogen-bond donors (Lipinski definition) is 1. The van der Waals surface area contributed by atoms with Crippen LogP contribution < -0.4 is 20.1 Å². The Morgan fingerprint density at radius 1 is 0.867 bits per heavy atom. The SMILES string of the molecule is CN(C)c1ccc(C=NNc2cc(N3CCCCC3)nc(N3CCCCC3)n2)cc1. The van der Waals surface area contributed by atoms with Gasteiger partial charge in [0, 0.05) is 52.0 Å². The maximum Gasteiger partial charge on any atom is 0.229 e. The fourth-order valence-corrected chi connectivity index (χ4v) is 4.03. The molecule has 0 bridgehead atoms. The normalized spacial score (nSPS) is 17.4. The molecule has 7 nitrogen and oxygen atoms in total. The highest BCUT2D eigenvalue weighted by Gasteiger charge is 2.19. The van der Waals surface area contributed by atoms with Crippen LogP contribution in [-0.4, -0.2) is 56.5 Å². The summed E-state index contributed by atoms with van der Waals surface area (Å²) in [6.45, 7) is 4.20. The summed E-state index contributed by atoms with van der Waals surface area (Å²) in [7, 11) is 4.08. The summed E-state index contributed by atoms with van der Waals surface area (Å²) in [5, 5.41) is 4.44. The van der Waals surface area contributed by atoms with Gasteiger partial charge < -0.3 is 14.7 Å². The lowest BCUT2D eigenvalue weighted by molar-refractivity contribution is 0.561. The molecule has 7 heteroatoms. The molecule has 0 aliphatic carbocycles. The third-order valence-corrected chi connectivity index (χ3v) is 5.82. The first-order valence-corrected chi connectivity index (χ1v) is 11.1. The Kier molecular flexibility index (Phi) is 6.67. The second-order valence-corrected chi connectivity index (χ2v) is 8.36. The van der Waals surface area contributed by atoms with Crippen LogP contribution in [0.25, 0.3) is 0 Å². The number of anilines is 4. The number of piperidine rings is 2. The molecule has 2 aromatic rings. The number of hydrazone groups is 1. The van der Waals surface area contributed by atoms with Crippen molar-refractivity contribution in [1.82, 2.24) is 9.97 Å². The van der Waals surface area contributed by atoms with E-state index < -0.39 is 0 Å². The van der Waals surface area contributed by atoms with Crippen LogP contribution >= 0.6 is 0 Å². The minimum absolute atomic E-state index is 0.757. The number of nitrogens with zero attached hydrogens (tertiary/aromatic N) is 6. The number of benzene rings is 1. The van der Waals surface area contributed by atoms with Crippen molar-refractivity contribution >= 4 is 29.5 Å². The van der Waals surface area contributed by atoms with Crippen LogP contribution in [0.1, 0.15) is 44.1 Å². The molecular formula is C23H33N7. The van der Waals surface area contributed by atoms with Gasteiger partial charge in [-0.1, -0.05) is 12.1 Å². The highest BCUT2D eigenvalue weighted by Crippen LogP contribution is 2.25. The minimum Gasteiger partial charge on any atom is -0.378 e. The maximum absolute atomic E-state index is 4.92. The Hall–Kier alpha value is -2.83. The highest BCUT2D eigenvalue weighted by atomic mass is 15.4. The van der Waals surface area contributed by atoms with Gasteiger partial charge in [0.1, 0.15) is 5.82 Å². The van der Waals surface area contributed by atoms with Crippen LogP contribution in [0.5, 0.6) is 0 Å². The van der Waals surface area contributed by atoms with E-state index >= 15 is 0 Å². The molecule has 1 aromatic heterocycles. The molecule has 0 atom stereocenters. The molecule has 3 heterocycles. The number of nitrogens with one attached hydrogen (secondary N) is 1. The van der Waals surface area contributed by atoms with Crippen molar-refractivity contribution in [1.29, 1.82) is 0 Å². The molecule has 1 N–H and O–H groups in total. The Balaban J connectivity index is 1.51. The van der Waals surface area contributed by atoms with Gasteiger partial charge in [-0.05, 0) is 56.2 Å². The van der Waals surface area contributed by atoms with E-state index in [9.17, 15) is 0 Å². The van der Waals surface area contributed by atoms with Crippen LogP contribution in [0.3, 0.4) is 0 Å². The van der Waals surface area contributed by atoms with Crippen molar-refractivity contribution in [2.45, 2.75) is 38.5 Å². The predicted octanol–water partition coefficient (Wildman–Crippen LogP) is 3.97. The van der Waals surface area contributed by atoms with Crippen molar-refractivity contribution in [2.24, 2.45) is 5.10 Å². The zero-order valence-corrected chi connectivity index (χ0v) is 18.2. The molecule has 4 rings (SSSR count). The average Bonchev–Trinajstić information content (AvgIpc) is 2.80. The molecule has 2 saturated heterocycles. The van der Waals surface area contributed by atoms with E-state index in [4.69, 9.17) is 9.97 Å². The molecule has 0 amide bonds. The number of hydrogen-bond acceptors (Lipinski definition) is 7. The highest BCUT2D eigenvalue weighted by molar-refractivity contribution is 5.81. The van der Waals surface area contributed by atoms with Gasteiger partial charge in [-0.2, -0.15) is 15.1 Å². The van der Waals surface area contributed by atoms with E-state index in [-0.39, 0.29) is 0 Å². The van der Waals surface area contributed by atoms with Gasteiger partial charge in [0.2, 0.25) is 5.95 Å². The molecule has 2 aliphatic rings. The third-order valence-electron chi connectivity index (χ3n) is 5.82. The van der Waals surface area contributed by atoms with Crippen molar-refractivity contribution in [3.8, 4) is 0 Å². The van der Waals surface area contributed by atoms with Gasteiger partial charge in [0.05, 0.1) is 6.21 Å². The van der Waals surface area contributed by atoms with E-state index in [1.165, 1.54) is 44.2 Å². The van der Waals surface area contributed by atoms with Crippen LogP contribution in [-0.2, 0) is 0 Å². The van der Waals surface area contributed by atoms with Crippen LogP contribution in [0, 0.1) is 0 Å². The molecule has 30 heavy (non-hydrogen) atoms. The fraction of sp³-hybridized carbons (Fsp3) is 0.522. The molecule has 2 aliphatic heterocycles. The lowest BCUT2D eigenvalue weighted by Crippen LogP contribution is -2.33. The first kappa shape index (κ1) is 20.4. The molecule has 0 radical (unpaired) electrons. The zero-order valence-electron chi connectivity index (χ0n) is 18.2. The topological polar surface area (TPSA) is 59.9 Å². The molecule has 1 aromatic carbocycles. The summed E-state index contributed by atoms with van der Waals surface area (Å²) in [6, 6.07) is 10.4.